The topological polar surface area (TPSA) is 51.0 Å². The summed E-state index contributed by atoms with van der Waals surface area (Å²) in [5.41, 5.74) is 0. The quantitative estimate of drug-likeness (QED) is 0.521. The molecule has 0 saturated heterocycles. The van der Waals surface area contributed by atoms with Gasteiger partial charge in [-0.15, -0.1) is 0 Å². The van der Waals surface area contributed by atoms with Gasteiger partial charge in [-0.25, -0.2) is 9.97 Å². The summed E-state index contributed by atoms with van der Waals surface area (Å²) in [7, 11) is 1.85. The summed E-state index contributed by atoms with van der Waals surface area (Å²) in [4.78, 5) is 9.86. The summed E-state index contributed by atoms with van der Waals surface area (Å²) in [5.74, 6) is 1.73. The summed E-state index contributed by atoms with van der Waals surface area (Å²) in [5, 5.41) is 4.71. The van der Waals surface area contributed by atoms with E-state index in [2.05, 4.69) is 15.3 Å². The minimum Gasteiger partial charge on any atom is -0.468 e. The normalized spacial score (nSPS) is 10.5. The van der Waals surface area contributed by atoms with Crippen molar-refractivity contribution < 1.29 is 4.42 Å². The van der Waals surface area contributed by atoms with Crippen molar-refractivity contribution in [3.8, 4) is 0 Å². The van der Waals surface area contributed by atoms with Crippen LogP contribution in [-0.4, -0.2) is 23.3 Å². The predicted molar refractivity (Wildman–Crippen MR) is 70.9 cm³/mol. The van der Waals surface area contributed by atoms with E-state index in [9.17, 15) is 0 Å². The van der Waals surface area contributed by atoms with Crippen LogP contribution < -0.4 is 5.32 Å². The number of nitrogens with one attached hydrogen (secondary N) is 1. The molecule has 0 fully saturated rings. The van der Waals surface area contributed by atoms with E-state index in [4.69, 9.17) is 4.42 Å². The molecular weight excluding hydrogens is 254 g/mol. The summed E-state index contributed by atoms with van der Waals surface area (Å²) < 4.78 is 5.26. The van der Waals surface area contributed by atoms with Crippen LogP contribution in [0.5, 0.6) is 0 Å². The fourth-order valence-electron chi connectivity index (χ4n) is 1.27. The summed E-state index contributed by atoms with van der Waals surface area (Å²) in [6, 6.07) is 3.87. The van der Waals surface area contributed by atoms with Crippen LogP contribution in [-0.2, 0) is 0 Å². The smallest absolute Gasteiger partial charge is 0.190 e. The van der Waals surface area contributed by atoms with Gasteiger partial charge < -0.3 is 9.73 Å². The molecule has 0 spiro atoms. The van der Waals surface area contributed by atoms with Gasteiger partial charge in [0.05, 0.1) is 11.2 Å². The van der Waals surface area contributed by atoms with Gasteiger partial charge in [0.15, 0.2) is 5.16 Å². The third-order valence-corrected chi connectivity index (χ3v) is 3.76. The lowest BCUT2D eigenvalue weighted by molar-refractivity contribution is 0.527. The number of nitrogens with zero attached hydrogens (tertiary/aromatic N) is 2. The average Bonchev–Trinajstić information content (AvgIpc) is 2.74. The second-order valence-corrected chi connectivity index (χ2v) is 5.11. The van der Waals surface area contributed by atoms with E-state index in [0.29, 0.717) is 0 Å². The van der Waals surface area contributed by atoms with E-state index in [1.165, 1.54) is 11.8 Å². The van der Waals surface area contributed by atoms with E-state index in [-0.39, 0.29) is 0 Å². The molecule has 4 nitrogen and oxygen atoms in total. The molecule has 0 aliphatic heterocycles. The molecule has 0 unspecified atom stereocenters. The maximum atomic E-state index is 5.26. The number of furan rings is 1. The van der Waals surface area contributed by atoms with E-state index >= 15 is 0 Å². The number of rotatable bonds is 4. The van der Waals surface area contributed by atoms with Crippen LogP contribution in [0.4, 0.5) is 5.82 Å². The van der Waals surface area contributed by atoms with Crippen LogP contribution in [0, 0.1) is 6.92 Å². The molecule has 90 valence electrons. The zero-order valence-corrected chi connectivity index (χ0v) is 11.5. The van der Waals surface area contributed by atoms with Crippen LogP contribution in [0.25, 0.3) is 0 Å². The first-order valence-electron chi connectivity index (χ1n) is 5.05. The Bertz CT molecular complexity index is 491. The van der Waals surface area contributed by atoms with Crippen molar-refractivity contribution in [1.82, 2.24) is 9.97 Å². The zero-order valence-electron chi connectivity index (χ0n) is 9.85. The van der Waals surface area contributed by atoms with E-state index in [1.807, 2.05) is 32.4 Å². The van der Waals surface area contributed by atoms with Gasteiger partial charge in [0.2, 0.25) is 0 Å². The molecule has 2 aromatic rings. The van der Waals surface area contributed by atoms with Gasteiger partial charge >= 0.3 is 0 Å². The van der Waals surface area contributed by atoms with Crippen molar-refractivity contribution in [2.24, 2.45) is 0 Å². The van der Waals surface area contributed by atoms with Gasteiger partial charge in [0, 0.05) is 13.1 Å². The van der Waals surface area contributed by atoms with Crippen molar-refractivity contribution >= 4 is 29.3 Å². The van der Waals surface area contributed by atoms with Gasteiger partial charge in [0.1, 0.15) is 16.6 Å². The number of anilines is 1. The first-order chi connectivity index (χ1) is 8.22. The van der Waals surface area contributed by atoms with Crippen LogP contribution >= 0.6 is 23.5 Å². The highest BCUT2D eigenvalue weighted by molar-refractivity contribution is 7.99. The molecule has 2 heterocycles. The van der Waals surface area contributed by atoms with Gasteiger partial charge in [-0.1, -0.05) is 23.5 Å². The van der Waals surface area contributed by atoms with Crippen LogP contribution in [0.1, 0.15) is 5.76 Å². The average molecular weight is 267 g/mol. The SMILES string of the molecule is CNc1cc(Sc2ccoc2C)nc(SC)n1. The van der Waals surface area contributed by atoms with E-state index in [1.54, 1.807) is 18.0 Å². The van der Waals surface area contributed by atoms with Crippen LogP contribution in [0.2, 0.25) is 0 Å². The monoisotopic (exact) mass is 267 g/mol. The standard InChI is InChI=1S/C11H13N3OS2/c1-7-8(4-5-15-7)17-10-6-9(12-2)13-11(14-10)16-3/h4-6H,1-3H3,(H,12,13,14). The molecule has 0 amide bonds. The Kier molecular flexibility index (Phi) is 3.96. The molecule has 2 rings (SSSR count). The molecule has 0 aliphatic carbocycles. The maximum absolute atomic E-state index is 5.26. The highest BCUT2D eigenvalue weighted by Gasteiger charge is 2.08. The van der Waals surface area contributed by atoms with Crippen LogP contribution in [0.3, 0.4) is 0 Å². The molecular formula is C11H13N3OS2. The third kappa shape index (κ3) is 2.95. The third-order valence-electron chi connectivity index (χ3n) is 2.15. The van der Waals surface area contributed by atoms with Gasteiger partial charge in [-0.2, -0.15) is 0 Å². The number of aromatic nitrogens is 2. The highest BCUT2D eigenvalue weighted by Crippen LogP contribution is 2.31. The lowest BCUT2D eigenvalue weighted by Crippen LogP contribution is -1.96. The first-order valence-corrected chi connectivity index (χ1v) is 7.10. The summed E-state index contributed by atoms with van der Waals surface area (Å²) in [6.07, 6.45) is 3.65. The lowest BCUT2D eigenvalue weighted by atomic mass is 10.5. The maximum Gasteiger partial charge on any atom is 0.190 e. The molecule has 2 aromatic heterocycles. The van der Waals surface area contributed by atoms with Crippen molar-refractivity contribution in [2.45, 2.75) is 22.0 Å². The number of hydrogen-bond donors (Lipinski definition) is 1. The second kappa shape index (κ2) is 5.46. The van der Waals surface area contributed by atoms with E-state index < -0.39 is 0 Å². The van der Waals surface area contributed by atoms with E-state index in [0.717, 1.165) is 26.7 Å². The Morgan fingerprint density at radius 1 is 1.35 bits per heavy atom. The Morgan fingerprint density at radius 3 is 2.76 bits per heavy atom. The van der Waals surface area contributed by atoms with Crippen molar-refractivity contribution in [3.63, 3.8) is 0 Å². The van der Waals surface area contributed by atoms with Crippen molar-refractivity contribution in [2.75, 3.05) is 18.6 Å². The zero-order chi connectivity index (χ0) is 12.3. The van der Waals surface area contributed by atoms with Gasteiger partial charge in [-0.3, -0.25) is 0 Å². The lowest BCUT2D eigenvalue weighted by Gasteiger charge is -2.05. The molecule has 6 heteroatoms. The molecule has 0 bridgehead atoms. The molecule has 17 heavy (non-hydrogen) atoms. The number of hydrogen-bond acceptors (Lipinski definition) is 6. The Morgan fingerprint density at radius 2 is 2.18 bits per heavy atom. The first kappa shape index (κ1) is 12.3. The van der Waals surface area contributed by atoms with Gasteiger partial charge in [0.25, 0.3) is 0 Å². The number of aryl methyl sites for hydroxylation is 1. The minimum absolute atomic E-state index is 0.764. The van der Waals surface area contributed by atoms with Crippen LogP contribution in [0.15, 0.2) is 37.9 Å². The molecule has 0 aromatic carbocycles. The number of thioether (sulfide) groups is 1. The fourth-order valence-corrected chi connectivity index (χ4v) is 2.55. The highest BCUT2D eigenvalue weighted by atomic mass is 32.2. The van der Waals surface area contributed by atoms with Gasteiger partial charge in [-0.05, 0) is 19.2 Å². The molecule has 0 radical (unpaired) electrons. The fraction of sp³-hybridized carbons (Fsp3) is 0.273. The summed E-state index contributed by atoms with van der Waals surface area (Å²) >= 11 is 3.11. The van der Waals surface area contributed by atoms with Crippen molar-refractivity contribution in [3.05, 3.63) is 24.2 Å². The largest absolute Gasteiger partial charge is 0.468 e. The molecule has 0 atom stereocenters. The van der Waals surface area contributed by atoms with Crippen molar-refractivity contribution in [1.29, 1.82) is 0 Å². The second-order valence-electron chi connectivity index (χ2n) is 3.27. The molecule has 0 aliphatic rings. The Hall–Kier alpha value is -1.14. The summed E-state index contributed by atoms with van der Waals surface area (Å²) in [6.45, 7) is 1.94. The Labute approximate surface area is 109 Å². The minimum atomic E-state index is 0.764. The molecule has 1 N–H and O–H groups in total. The molecule has 0 saturated carbocycles. The predicted octanol–water partition coefficient (Wildman–Crippen LogP) is 3.29. The Balaban J connectivity index is 2.29.